The van der Waals surface area contributed by atoms with Gasteiger partial charge in [0.25, 0.3) is 0 Å². The molecular formula is C15H23FN2O. The van der Waals surface area contributed by atoms with Crippen molar-refractivity contribution in [2.75, 3.05) is 19.6 Å². The average molecular weight is 266 g/mol. The lowest BCUT2D eigenvalue weighted by Crippen LogP contribution is -2.41. The highest BCUT2D eigenvalue weighted by Crippen LogP contribution is 2.14. The number of hydrogen-bond acceptors (Lipinski definition) is 3. The maximum Gasteiger partial charge on any atom is 0.127 e. The lowest BCUT2D eigenvalue weighted by molar-refractivity contribution is 0.209. The number of phenols is 1. The summed E-state index contributed by atoms with van der Waals surface area (Å²) in [5.74, 6) is -0.402. The van der Waals surface area contributed by atoms with Crippen molar-refractivity contribution < 1.29 is 9.50 Å². The Kier molecular flexibility index (Phi) is 5.16. The molecule has 0 aliphatic carbocycles. The van der Waals surface area contributed by atoms with Gasteiger partial charge in [-0.2, -0.15) is 0 Å². The Morgan fingerprint density at radius 2 is 2.00 bits per heavy atom. The molecule has 1 aromatic carbocycles. The third-order valence-corrected chi connectivity index (χ3v) is 3.58. The topological polar surface area (TPSA) is 35.5 Å². The molecule has 1 heterocycles. The fourth-order valence-electron chi connectivity index (χ4n) is 2.62. The number of halogens is 1. The molecule has 1 atom stereocenters. The van der Waals surface area contributed by atoms with Crippen LogP contribution in [0.2, 0.25) is 0 Å². The first kappa shape index (κ1) is 14.3. The number of piperidine rings is 1. The van der Waals surface area contributed by atoms with E-state index in [9.17, 15) is 9.50 Å². The molecule has 106 valence electrons. The van der Waals surface area contributed by atoms with Gasteiger partial charge in [-0.1, -0.05) is 6.42 Å². The van der Waals surface area contributed by atoms with E-state index in [1.807, 2.05) is 0 Å². The van der Waals surface area contributed by atoms with E-state index in [0.717, 1.165) is 18.2 Å². The molecule has 2 N–H and O–H groups in total. The number of rotatable bonds is 5. The Morgan fingerprint density at radius 1 is 1.26 bits per heavy atom. The second-order valence-electron chi connectivity index (χ2n) is 5.46. The van der Waals surface area contributed by atoms with E-state index in [1.54, 1.807) is 6.07 Å². The summed E-state index contributed by atoms with van der Waals surface area (Å²) >= 11 is 0. The summed E-state index contributed by atoms with van der Waals surface area (Å²) in [5.41, 5.74) is 0.781. The molecule has 0 aromatic heterocycles. The predicted molar refractivity (Wildman–Crippen MR) is 74.7 cm³/mol. The minimum Gasteiger partial charge on any atom is -0.508 e. The van der Waals surface area contributed by atoms with E-state index in [4.69, 9.17) is 0 Å². The number of aromatic hydroxyl groups is 1. The third-order valence-electron chi connectivity index (χ3n) is 3.58. The van der Waals surface area contributed by atoms with Crippen LogP contribution in [0.4, 0.5) is 4.39 Å². The van der Waals surface area contributed by atoms with Crippen LogP contribution in [0.15, 0.2) is 18.2 Å². The van der Waals surface area contributed by atoms with Gasteiger partial charge in [0.05, 0.1) is 0 Å². The Balaban J connectivity index is 1.77. The zero-order valence-corrected chi connectivity index (χ0v) is 11.5. The van der Waals surface area contributed by atoms with Crippen molar-refractivity contribution in [3.63, 3.8) is 0 Å². The molecule has 19 heavy (non-hydrogen) atoms. The second-order valence-corrected chi connectivity index (χ2v) is 5.46. The summed E-state index contributed by atoms with van der Waals surface area (Å²) in [6.07, 6.45) is 3.94. The van der Waals surface area contributed by atoms with E-state index in [-0.39, 0.29) is 11.6 Å². The molecule has 1 aromatic rings. The maximum absolute atomic E-state index is 13.1. The van der Waals surface area contributed by atoms with Crippen molar-refractivity contribution in [1.82, 2.24) is 10.2 Å². The smallest absolute Gasteiger partial charge is 0.127 e. The highest BCUT2D eigenvalue weighted by molar-refractivity contribution is 5.28. The van der Waals surface area contributed by atoms with Crippen molar-refractivity contribution in [3.8, 4) is 5.75 Å². The Hall–Kier alpha value is -1.13. The van der Waals surface area contributed by atoms with Crippen molar-refractivity contribution in [3.05, 3.63) is 29.6 Å². The molecular weight excluding hydrogens is 243 g/mol. The lowest BCUT2D eigenvalue weighted by Gasteiger charge is -2.29. The highest BCUT2D eigenvalue weighted by atomic mass is 19.1. The van der Waals surface area contributed by atoms with Gasteiger partial charge in [-0.15, -0.1) is 0 Å². The monoisotopic (exact) mass is 266 g/mol. The molecule has 0 saturated carbocycles. The maximum atomic E-state index is 13.1. The Morgan fingerprint density at radius 3 is 2.68 bits per heavy atom. The quantitative estimate of drug-likeness (QED) is 0.859. The molecule has 0 spiro atoms. The van der Waals surface area contributed by atoms with E-state index >= 15 is 0 Å². The predicted octanol–water partition coefficient (Wildman–Crippen LogP) is 2.50. The Labute approximate surface area is 114 Å². The summed E-state index contributed by atoms with van der Waals surface area (Å²) in [5, 5.41) is 12.7. The van der Waals surface area contributed by atoms with Crippen molar-refractivity contribution in [2.45, 2.75) is 38.8 Å². The number of nitrogens with one attached hydrogen (secondary N) is 1. The van der Waals surface area contributed by atoms with Gasteiger partial charge in [0.1, 0.15) is 11.6 Å². The number of phenolic OH excluding ortho intramolecular Hbond substituents is 1. The summed E-state index contributed by atoms with van der Waals surface area (Å²) in [6, 6.07) is 4.55. The van der Waals surface area contributed by atoms with Crippen LogP contribution in [0.3, 0.4) is 0 Å². The summed E-state index contributed by atoms with van der Waals surface area (Å²) in [6.45, 7) is 6.13. The first-order chi connectivity index (χ1) is 9.13. The van der Waals surface area contributed by atoms with Crippen LogP contribution in [0.25, 0.3) is 0 Å². The van der Waals surface area contributed by atoms with E-state index in [1.165, 1.54) is 38.4 Å². The van der Waals surface area contributed by atoms with E-state index < -0.39 is 0 Å². The van der Waals surface area contributed by atoms with Gasteiger partial charge < -0.3 is 15.3 Å². The normalized spacial score (nSPS) is 18.4. The average Bonchev–Trinajstić information content (AvgIpc) is 2.36. The third kappa shape index (κ3) is 4.80. The van der Waals surface area contributed by atoms with Crippen LogP contribution < -0.4 is 5.32 Å². The molecule has 4 heteroatoms. The van der Waals surface area contributed by atoms with Crippen LogP contribution in [0.5, 0.6) is 5.75 Å². The van der Waals surface area contributed by atoms with Crippen LogP contribution >= 0.6 is 0 Å². The number of likely N-dealkylation sites (tertiary alicyclic amines) is 1. The first-order valence-electron chi connectivity index (χ1n) is 7.07. The van der Waals surface area contributed by atoms with E-state index in [2.05, 4.69) is 17.1 Å². The Bertz CT molecular complexity index is 385. The van der Waals surface area contributed by atoms with Crippen LogP contribution in [-0.4, -0.2) is 35.7 Å². The minimum absolute atomic E-state index is 0.0134. The number of benzene rings is 1. The molecule has 1 aliphatic rings. The molecule has 1 saturated heterocycles. The molecule has 2 rings (SSSR count). The zero-order chi connectivity index (χ0) is 13.7. The van der Waals surface area contributed by atoms with Gasteiger partial charge >= 0.3 is 0 Å². The fourth-order valence-corrected chi connectivity index (χ4v) is 2.62. The lowest BCUT2D eigenvalue weighted by atomic mass is 10.1. The van der Waals surface area contributed by atoms with Crippen LogP contribution in [0.1, 0.15) is 31.7 Å². The summed E-state index contributed by atoms with van der Waals surface area (Å²) < 4.78 is 13.1. The van der Waals surface area contributed by atoms with Crippen molar-refractivity contribution >= 4 is 0 Å². The molecule has 3 nitrogen and oxygen atoms in total. The van der Waals surface area contributed by atoms with Crippen LogP contribution in [0, 0.1) is 5.82 Å². The van der Waals surface area contributed by atoms with Crippen LogP contribution in [-0.2, 0) is 6.54 Å². The van der Waals surface area contributed by atoms with Gasteiger partial charge in [0.15, 0.2) is 0 Å². The van der Waals surface area contributed by atoms with Gasteiger partial charge in [-0.25, -0.2) is 4.39 Å². The van der Waals surface area contributed by atoms with Gasteiger partial charge in [0.2, 0.25) is 0 Å². The molecule has 0 amide bonds. The van der Waals surface area contributed by atoms with Gasteiger partial charge in [-0.05, 0) is 50.6 Å². The van der Waals surface area contributed by atoms with Gasteiger partial charge in [-0.3, -0.25) is 0 Å². The SMILES string of the molecule is CC(CN1CCCCC1)NCc1cc(O)cc(F)c1. The first-order valence-corrected chi connectivity index (χ1v) is 7.07. The highest BCUT2D eigenvalue weighted by Gasteiger charge is 2.13. The molecule has 1 unspecified atom stereocenters. The molecule has 1 fully saturated rings. The van der Waals surface area contributed by atoms with Crippen molar-refractivity contribution in [2.24, 2.45) is 0 Å². The van der Waals surface area contributed by atoms with Crippen molar-refractivity contribution in [1.29, 1.82) is 0 Å². The van der Waals surface area contributed by atoms with Gasteiger partial charge in [0, 0.05) is 25.2 Å². The second kappa shape index (κ2) is 6.87. The molecule has 1 aliphatic heterocycles. The zero-order valence-electron chi connectivity index (χ0n) is 11.5. The minimum atomic E-state index is -0.388. The summed E-state index contributed by atoms with van der Waals surface area (Å²) in [7, 11) is 0. The number of nitrogens with zero attached hydrogens (tertiary/aromatic N) is 1. The standard InChI is InChI=1S/C15H23FN2O/c1-12(11-18-5-3-2-4-6-18)17-10-13-7-14(16)9-15(19)8-13/h7-9,12,17,19H,2-6,10-11H2,1H3. The molecule has 0 radical (unpaired) electrons. The van der Waals surface area contributed by atoms with E-state index in [0.29, 0.717) is 12.6 Å². The number of hydrogen-bond donors (Lipinski definition) is 2. The fraction of sp³-hybridized carbons (Fsp3) is 0.600. The largest absolute Gasteiger partial charge is 0.508 e. The summed E-state index contributed by atoms with van der Waals surface area (Å²) in [4.78, 5) is 2.48. The molecule has 0 bridgehead atoms.